The number of halogens is 1. The van der Waals surface area contributed by atoms with Crippen LogP contribution < -0.4 is 0 Å². The molecule has 1 aromatic rings. The lowest BCUT2D eigenvalue weighted by molar-refractivity contribution is -0.137. The fraction of sp³-hybridized carbons (Fsp3) is 0.417. The van der Waals surface area contributed by atoms with Crippen LogP contribution in [0.5, 0.6) is 0 Å². The second kappa shape index (κ2) is 3.33. The molecule has 15 heavy (non-hydrogen) atoms. The molecule has 0 atom stereocenters. The van der Waals surface area contributed by atoms with Gasteiger partial charge in [0.15, 0.2) is 0 Å². The Labute approximate surface area is 87.7 Å². The molecule has 1 aliphatic carbocycles. The maximum absolute atomic E-state index is 13.6. The van der Waals surface area contributed by atoms with Gasteiger partial charge in [-0.25, -0.2) is 4.39 Å². The van der Waals surface area contributed by atoms with E-state index in [4.69, 9.17) is 5.11 Å². The molecule has 0 bridgehead atoms. The molecule has 0 saturated heterocycles. The van der Waals surface area contributed by atoms with Gasteiger partial charge in [0.1, 0.15) is 5.82 Å². The first-order valence-corrected chi connectivity index (χ1v) is 5.02. The molecule has 0 unspecified atom stereocenters. The van der Waals surface area contributed by atoms with Crippen molar-refractivity contribution in [2.45, 2.75) is 31.6 Å². The van der Waals surface area contributed by atoms with Crippen LogP contribution in [0.3, 0.4) is 0 Å². The summed E-state index contributed by atoms with van der Waals surface area (Å²) in [4.78, 5) is 10.7. The maximum atomic E-state index is 13.6. The highest BCUT2D eigenvalue weighted by Gasteiger charge is 2.47. The molecule has 2 nitrogen and oxygen atoms in total. The second-order valence-corrected chi connectivity index (χ2v) is 4.33. The topological polar surface area (TPSA) is 37.3 Å². The molecule has 0 heterocycles. The van der Waals surface area contributed by atoms with Gasteiger partial charge in [0.25, 0.3) is 0 Å². The van der Waals surface area contributed by atoms with Gasteiger partial charge in [-0.15, -0.1) is 0 Å². The molecule has 0 spiro atoms. The smallest absolute Gasteiger partial charge is 0.304 e. The van der Waals surface area contributed by atoms with Crippen LogP contribution in [0.15, 0.2) is 18.2 Å². The van der Waals surface area contributed by atoms with Gasteiger partial charge in [-0.2, -0.15) is 0 Å². The molecule has 0 aliphatic heterocycles. The van der Waals surface area contributed by atoms with E-state index in [1.807, 2.05) is 6.92 Å². The van der Waals surface area contributed by atoms with E-state index in [9.17, 15) is 9.18 Å². The standard InChI is InChI=1S/C12H13FO2/c1-8-2-3-10(13)9(6-8)12(4-5-12)7-11(14)15/h2-3,6H,4-5,7H2,1H3,(H,14,15). The van der Waals surface area contributed by atoms with Gasteiger partial charge in [-0.1, -0.05) is 17.7 Å². The van der Waals surface area contributed by atoms with Crippen molar-refractivity contribution >= 4 is 5.97 Å². The molecule has 1 N–H and O–H groups in total. The van der Waals surface area contributed by atoms with Crippen molar-refractivity contribution in [3.8, 4) is 0 Å². The number of aliphatic carboxylic acids is 1. The normalized spacial score (nSPS) is 17.5. The van der Waals surface area contributed by atoms with Crippen molar-refractivity contribution in [2.75, 3.05) is 0 Å². The van der Waals surface area contributed by atoms with Gasteiger partial charge < -0.3 is 5.11 Å². The number of benzene rings is 1. The highest BCUT2D eigenvalue weighted by atomic mass is 19.1. The molecule has 1 aromatic carbocycles. The van der Waals surface area contributed by atoms with Gasteiger partial charge in [0.05, 0.1) is 6.42 Å². The van der Waals surface area contributed by atoms with Crippen LogP contribution in [-0.4, -0.2) is 11.1 Å². The molecular formula is C12H13FO2. The molecule has 0 aromatic heterocycles. The molecular weight excluding hydrogens is 195 g/mol. The number of rotatable bonds is 3. The second-order valence-electron chi connectivity index (χ2n) is 4.33. The van der Waals surface area contributed by atoms with Crippen LogP contribution in [0.25, 0.3) is 0 Å². The quantitative estimate of drug-likeness (QED) is 0.829. The van der Waals surface area contributed by atoms with E-state index >= 15 is 0 Å². The molecule has 2 rings (SSSR count). The third-order valence-electron chi connectivity index (χ3n) is 3.04. The average Bonchev–Trinajstić information content (AvgIpc) is 2.89. The van der Waals surface area contributed by atoms with E-state index in [-0.39, 0.29) is 12.2 Å². The fourth-order valence-electron chi connectivity index (χ4n) is 2.03. The van der Waals surface area contributed by atoms with E-state index in [0.717, 1.165) is 18.4 Å². The van der Waals surface area contributed by atoms with Crippen LogP contribution in [-0.2, 0) is 10.2 Å². The first kappa shape index (κ1) is 10.1. The largest absolute Gasteiger partial charge is 0.481 e. The molecule has 80 valence electrons. The monoisotopic (exact) mass is 208 g/mol. The predicted molar refractivity (Wildman–Crippen MR) is 54.3 cm³/mol. The van der Waals surface area contributed by atoms with Gasteiger partial charge in [0.2, 0.25) is 0 Å². The summed E-state index contributed by atoms with van der Waals surface area (Å²) in [6.45, 7) is 1.89. The van der Waals surface area contributed by atoms with Gasteiger partial charge in [-0.05, 0) is 31.4 Å². The highest BCUT2D eigenvalue weighted by Crippen LogP contribution is 2.51. The van der Waals surface area contributed by atoms with E-state index in [1.165, 1.54) is 6.07 Å². The lowest BCUT2D eigenvalue weighted by Gasteiger charge is -2.14. The highest BCUT2D eigenvalue weighted by molar-refractivity contribution is 5.70. The Kier molecular flexibility index (Phi) is 2.25. The van der Waals surface area contributed by atoms with Gasteiger partial charge >= 0.3 is 5.97 Å². The Morgan fingerprint density at radius 2 is 2.20 bits per heavy atom. The van der Waals surface area contributed by atoms with Gasteiger partial charge in [0, 0.05) is 5.41 Å². The van der Waals surface area contributed by atoms with Crippen LogP contribution in [0.2, 0.25) is 0 Å². The lowest BCUT2D eigenvalue weighted by Crippen LogP contribution is -2.14. The van der Waals surface area contributed by atoms with Crippen LogP contribution >= 0.6 is 0 Å². The minimum atomic E-state index is -0.853. The van der Waals surface area contributed by atoms with Crippen LogP contribution in [0, 0.1) is 12.7 Å². The van der Waals surface area contributed by atoms with Crippen molar-refractivity contribution in [3.05, 3.63) is 35.1 Å². The van der Waals surface area contributed by atoms with Crippen LogP contribution in [0.1, 0.15) is 30.4 Å². The third kappa shape index (κ3) is 1.87. The molecule has 0 radical (unpaired) electrons. The zero-order valence-corrected chi connectivity index (χ0v) is 8.59. The van der Waals surface area contributed by atoms with E-state index in [2.05, 4.69) is 0 Å². The van der Waals surface area contributed by atoms with Crippen molar-refractivity contribution in [3.63, 3.8) is 0 Å². The first-order valence-electron chi connectivity index (χ1n) is 5.02. The van der Waals surface area contributed by atoms with Crippen molar-refractivity contribution in [1.82, 2.24) is 0 Å². The fourth-order valence-corrected chi connectivity index (χ4v) is 2.03. The Morgan fingerprint density at radius 3 is 2.73 bits per heavy atom. The van der Waals surface area contributed by atoms with Crippen molar-refractivity contribution in [1.29, 1.82) is 0 Å². The molecule has 0 amide bonds. The average molecular weight is 208 g/mol. The molecule has 1 saturated carbocycles. The summed E-state index contributed by atoms with van der Waals surface area (Å²) in [6, 6.07) is 4.90. The predicted octanol–water partition coefficient (Wildman–Crippen LogP) is 2.64. The van der Waals surface area contributed by atoms with Gasteiger partial charge in [-0.3, -0.25) is 4.79 Å². The zero-order valence-electron chi connectivity index (χ0n) is 8.59. The summed E-state index contributed by atoms with van der Waals surface area (Å²) in [6.07, 6.45) is 1.59. The molecule has 1 fully saturated rings. The zero-order chi connectivity index (χ0) is 11.1. The number of hydrogen-bond acceptors (Lipinski definition) is 1. The Morgan fingerprint density at radius 1 is 1.53 bits per heavy atom. The summed E-state index contributed by atoms with van der Waals surface area (Å²) < 4.78 is 13.6. The van der Waals surface area contributed by atoms with Crippen molar-refractivity contribution in [2.24, 2.45) is 0 Å². The number of hydrogen-bond donors (Lipinski definition) is 1. The Hall–Kier alpha value is -1.38. The number of carboxylic acids is 1. The summed E-state index contributed by atoms with van der Waals surface area (Å²) >= 11 is 0. The number of carbonyl (C=O) groups is 1. The lowest BCUT2D eigenvalue weighted by atomic mass is 9.91. The summed E-state index contributed by atoms with van der Waals surface area (Å²) in [5.74, 6) is -1.13. The minimum Gasteiger partial charge on any atom is -0.481 e. The SMILES string of the molecule is Cc1ccc(F)c(C2(CC(=O)O)CC2)c1. The summed E-state index contributed by atoms with van der Waals surface area (Å²) in [7, 11) is 0. The number of carboxylic acid groups (broad SMARTS) is 1. The van der Waals surface area contributed by atoms with E-state index in [0.29, 0.717) is 5.56 Å². The Bertz CT molecular complexity index is 408. The minimum absolute atomic E-state index is 0.0351. The van der Waals surface area contributed by atoms with Crippen molar-refractivity contribution < 1.29 is 14.3 Å². The summed E-state index contributed by atoms with van der Waals surface area (Å²) in [5.41, 5.74) is 1.12. The van der Waals surface area contributed by atoms with E-state index < -0.39 is 11.4 Å². The molecule has 3 heteroatoms. The first-order chi connectivity index (χ1) is 7.03. The maximum Gasteiger partial charge on any atom is 0.304 e. The van der Waals surface area contributed by atoms with Crippen LogP contribution in [0.4, 0.5) is 4.39 Å². The Balaban J connectivity index is 2.36. The molecule has 1 aliphatic rings. The summed E-state index contributed by atoms with van der Waals surface area (Å²) in [5, 5.41) is 8.79. The van der Waals surface area contributed by atoms with E-state index in [1.54, 1.807) is 12.1 Å². The third-order valence-corrected chi connectivity index (χ3v) is 3.04. The number of aryl methyl sites for hydroxylation is 1.